The Bertz CT molecular complexity index is 780. The van der Waals surface area contributed by atoms with Crippen molar-refractivity contribution in [1.29, 1.82) is 5.26 Å². The lowest BCUT2D eigenvalue weighted by atomic mass is 10.0. The summed E-state index contributed by atoms with van der Waals surface area (Å²) in [5, 5.41) is 9.19. The van der Waals surface area contributed by atoms with Gasteiger partial charge in [-0.05, 0) is 48.7 Å². The van der Waals surface area contributed by atoms with Gasteiger partial charge in [0.2, 0.25) is 5.78 Å². The van der Waals surface area contributed by atoms with Crippen LogP contribution in [-0.2, 0) is 0 Å². The van der Waals surface area contributed by atoms with Crippen molar-refractivity contribution in [3.63, 3.8) is 0 Å². The minimum absolute atomic E-state index is 0.0312. The Balaban J connectivity index is 1.84. The first kappa shape index (κ1) is 14.3. The van der Waals surface area contributed by atoms with Gasteiger partial charge in [-0.1, -0.05) is 6.92 Å². The van der Waals surface area contributed by atoms with Gasteiger partial charge in [-0.15, -0.1) is 0 Å². The lowest BCUT2D eigenvalue weighted by Crippen LogP contribution is -2.01. The third-order valence-corrected chi connectivity index (χ3v) is 3.88. The summed E-state index contributed by atoms with van der Waals surface area (Å²) in [7, 11) is 0. The first-order valence-corrected chi connectivity index (χ1v) is 7.10. The standard InChI is InChI=1S/C18H14FNO2/c1-11-8-16(11)17-7-6-15(22-17)9-13(10-20)18(21)12-2-4-14(19)5-3-12/h2-7,9,11,16H,8H2,1H3/b13-9+/t11-,16-/m1/s1. The Hall–Kier alpha value is -2.67. The van der Waals surface area contributed by atoms with E-state index >= 15 is 0 Å². The molecule has 0 N–H and O–H groups in total. The highest BCUT2D eigenvalue weighted by atomic mass is 19.1. The number of carbonyl (C=O) groups is 1. The largest absolute Gasteiger partial charge is 0.461 e. The second-order valence-electron chi connectivity index (χ2n) is 5.57. The lowest BCUT2D eigenvalue weighted by molar-refractivity contribution is 0.104. The number of benzene rings is 1. The van der Waals surface area contributed by atoms with Crippen molar-refractivity contribution in [1.82, 2.24) is 0 Å². The molecule has 2 aromatic rings. The third kappa shape index (κ3) is 2.84. The Kier molecular flexibility index (Phi) is 3.64. The summed E-state index contributed by atoms with van der Waals surface area (Å²) in [6.45, 7) is 2.15. The summed E-state index contributed by atoms with van der Waals surface area (Å²) < 4.78 is 18.6. The van der Waals surface area contributed by atoms with Crippen molar-refractivity contribution in [3.05, 3.63) is 64.9 Å². The molecule has 0 aliphatic heterocycles. The minimum Gasteiger partial charge on any atom is -0.461 e. The molecule has 0 radical (unpaired) electrons. The topological polar surface area (TPSA) is 54.0 Å². The van der Waals surface area contributed by atoms with E-state index in [-0.39, 0.29) is 11.1 Å². The van der Waals surface area contributed by atoms with E-state index in [0.717, 1.165) is 12.2 Å². The van der Waals surface area contributed by atoms with Gasteiger partial charge in [0.05, 0.1) is 0 Å². The van der Waals surface area contributed by atoms with Crippen LogP contribution in [0.2, 0.25) is 0 Å². The molecule has 1 heterocycles. The highest BCUT2D eigenvalue weighted by Gasteiger charge is 2.36. The second kappa shape index (κ2) is 5.61. The highest BCUT2D eigenvalue weighted by Crippen LogP contribution is 2.47. The van der Waals surface area contributed by atoms with Crippen molar-refractivity contribution in [2.45, 2.75) is 19.3 Å². The average molecular weight is 295 g/mol. The molecule has 3 rings (SSSR count). The number of rotatable bonds is 4. The smallest absolute Gasteiger partial charge is 0.203 e. The highest BCUT2D eigenvalue weighted by molar-refractivity contribution is 6.13. The number of furan rings is 1. The van der Waals surface area contributed by atoms with Crippen molar-refractivity contribution in [2.24, 2.45) is 5.92 Å². The summed E-state index contributed by atoms with van der Waals surface area (Å²) in [4.78, 5) is 12.2. The molecule has 0 unspecified atom stereocenters. The van der Waals surface area contributed by atoms with Gasteiger partial charge < -0.3 is 4.42 Å². The van der Waals surface area contributed by atoms with E-state index in [2.05, 4.69) is 6.92 Å². The molecule has 110 valence electrons. The van der Waals surface area contributed by atoms with Gasteiger partial charge in [0.25, 0.3) is 0 Å². The van der Waals surface area contributed by atoms with Gasteiger partial charge in [0.1, 0.15) is 29.0 Å². The number of ketones is 1. The first-order chi connectivity index (χ1) is 10.6. The summed E-state index contributed by atoms with van der Waals surface area (Å²) in [5.74, 6) is 1.58. The number of halogens is 1. The SMILES string of the molecule is C[C@@H]1C[C@H]1c1ccc(/C=C(\C#N)C(=O)c2ccc(F)cc2)o1. The van der Waals surface area contributed by atoms with Crippen LogP contribution in [0.1, 0.15) is 41.1 Å². The number of hydrogen-bond donors (Lipinski definition) is 0. The van der Waals surface area contributed by atoms with Gasteiger partial charge in [0.15, 0.2) is 0 Å². The lowest BCUT2D eigenvalue weighted by Gasteiger charge is -1.99. The van der Waals surface area contributed by atoms with Crippen LogP contribution in [0.5, 0.6) is 0 Å². The molecule has 22 heavy (non-hydrogen) atoms. The number of hydrogen-bond acceptors (Lipinski definition) is 3. The van der Waals surface area contributed by atoms with E-state index in [4.69, 9.17) is 4.42 Å². The predicted molar refractivity (Wildman–Crippen MR) is 79.6 cm³/mol. The molecule has 1 fully saturated rings. The Morgan fingerprint density at radius 3 is 2.59 bits per heavy atom. The van der Waals surface area contributed by atoms with E-state index in [1.54, 1.807) is 6.07 Å². The zero-order valence-corrected chi connectivity index (χ0v) is 12.0. The molecule has 1 aromatic heterocycles. The molecule has 1 aliphatic rings. The average Bonchev–Trinajstić information content (AvgIpc) is 3.07. The van der Waals surface area contributed by atoms with Crippen LogP contribution in [0.25, 0.3) is 6.08 Å². The summed E-state index contributed by atoms with van der Waals surface area (Å²) in [6.07, 6.45) is 2.54. The predicted octanol–water partition coefficient (Wildman–Crippen LogP) is 4.33. The maximum Gasteiger partial charge on any atom is 0.203 e. The maximum absolute atomic E-state index is 12.9. The molecule has 1 aromatic carbocycles. The summed E-state index contributed by atoms with van der Waals surface area (Å²) in [5.41, 5.74) is 0.244. The summed E-state index contributed by atoms with van der Waals surface area (Å²) in [6, 6.07) is 10.6. The number of carbonyl (C=O) groups excluding carboxylic acids is 1. The second-order valence-corrected chi connectivity index (χ2v) is 5.57. The number of nitriles is 1. The van der Waals surface area contributed by atoms with E-state index < -0.39 is 11.6 Å². The van der Waals surface area contributed by atoms with E-state index in [0.29, 0.717) is 17.6 Å². The van der Waals surface area contributed by atoms with Crippen molar-refractivity contribution in [3.8, 4) is 6.07 Å². The van der Waals surface area contributed by atoms with Crippen LogP contribution in [-0.4, -0.2) is 5.78 Å². The van der Waals surface area contributed by atoms with Crippen molar-refractivity contribution >= 4 is 11.9 Å². The molecule has 4 heteroatoms. The number of allylic oxidation sites excluding steroid dienone is 1. The number of nitrogens with zero attached hydrogens (tertiary/aromatic N) is 1. The Labute approximate surface area is 127 Å². The van der Waals surface area contributed by atoms with E-state index in [1.807, 2.05) is 12.1 Å². The molecule has 0 amide bonds. The molecule has 0 bridgehead atoms. The van der Waals surface area contributed by atoms with E-state index in [9.17, 15) is 14.4 Å². The fourth-order valence-corrected chi connectivity index (χ4v) is 2.41. The Morgan fingerprint density at radius 2 is 2.00 bits per heavy atom. The molecule has 3 nitrogen and oxygen atoms in total. The number of Topliss-reactive ketones (excluding diaryl/α,β-unsaturated/α-hetero) is 1. The zero-order chi connectivity index (χ0) is 15.7. The van der Waals surface area contributed by atoms with Crippen LogP contribution in [0.4, 0.5) is 4.39 Å². The van der Waals surface area contributed by atoms with E-state index in [1.165, 1.54) is 30.3 Å². The normalized spacial score (nSPS) is 20.5. The Morgan fingerprint density at radius 1 is 1.32 bits per heavy atom. The maximum atomic E-state index is 12.9. The van der Waals surface area contributed by atoms with Gasteiger partial charge in [0, 0.05) is 17.6 Å². The van der Waals surface area contributed by atoms with Crippen molar-refractivity contribution < 1.29 is 13.6 Å². The fourth-order valence-electron chi connectivity index (χ4n) is 2.41. The van der Waals surface area contributed by atoms with Crippen LogP contribution < -0.4 is 0 Å². The van der Waals surface area contributed by atoms with Gasteiger partial charge in [-0.3, -0.25) is 4.79 Å². The van der Waals surface area contributed by atoms with Crippen molar-refractivity contribution in [2.75, 3.05) is 0 Å². The van der Waals surface area contributed by atoms with Gasteiger partial charge >= 0.3 is 0 Å². The molecule has 1 saturated carbocycles. The molecular weight excluding hydrogens is 281 g/mol. The van der Waals surface area contributed by atoms with Gasteiger partial charge in [-0.25, -0.2) is 4.39 Å². The molecule has 2 atom stereocenters. The minimum atomic E-state index is -0.444. The summed E-state index contributed by atoms with van der Waals surface area (Å²) >= 11 is 0. The zero-order valence-electron chi connectivity index (χ0n) is 12.0. The van der Waals surface area contributed by atoms with Crippen LogP contribution in [0.15, 0.2) is 46.4 Å². The fraction of sp³-hybridized carbons (Fsp3) is 0.222. The molecule has 0 saturated heterocycles. The molecular formula is C18H14FNO2. The third-order valence-electron chi connectivity index (χ3n) is 3.88. The van der Waals surface area contributed by atoms with Crippen LogP contribution >= 0.6 is 0 Å². The van der Waals surface area contributed by atoms with Gasteiger partial charge in [-0.2, -0.15) is 5.26 Å². The van der Waals surface area contributed by atoms with Crippen LogP contribution in [0.3, 0.4) is 0 Å². The van der Waals surface area contributed by atoms with Crippen LogP contribution in [0, 0.1) is 23.1 Å². The quantitative estimate of drug-likeness (QED) is 0.479. The molecule has 1 aliphatic carbocycles. The monoisotopic (exact) mass is 295 g/mol. The molecule has 0 spiro atoms. The first-order valence-electron chi connectivity index (χ1n) is 7.10.